The Labute approximate surface area is 144 Å². The second-order valence-corrected chi connectivity index (χ2v) is 8.56. The summed E-state index contributed by atoms with van der Waals surface area (Å²) >= 11 is 0. The maximum Gasteiger partial charge on any atom is 0.333 e. The molecule has 2 saturated carbocycles. The van der Waals surface area contributed by atoms with Crippen LogP contribution in [-0.4, -0.2) is 29.6 Å². The molecule has 0 bridgehead atoms. The number of carbonyl (C=O) groups excluding carboxylic acids is 2. The van der Waals surface area contributed by atoms with E-state index >= 15 is 0 Å². The average Bonchev–Trinajstić information content (AvgIpc) is 2.89. The normalized spacial score (nSPS) is 40.6. The van der Waals surface area contributed by atoms with Crippen molar-refractivity contribution in [3.63, 3.8) is 0 Å². The number of Topliss-reactive ketones (excluding diaryl/α,β-unsaturated/α-hetero) is 1. The molecule has 3 rings (SSSR count). The molecule has 1 unspecified atom stereocenters. The van der Waals surface area contributed by atoms with Crippen LogP contribution < -0.4 is 0 Å². The summed E-state index contributed by atoms with van der Waals surface area (Å²) in [6, 6.07) is 0. The van der Waals surface area contributed by atoms with Crippen molar-refractivity contribution in [1.82, 2.24) is 0 Å². The number of rotatable bonds is 2. The summed E-state index contributed by atoms with van der Waals surface area (Å²) in [4.78, 5) is 24.5. The van der Waals surface area contributed by atoms with Gasteiger partial charge in [-0.25, -0.2) is 4.79 Å². The number of aliphatic hydroxyl groups excluding tert-OH is 1. The molecule has 2 aliphatic carbocycles. The minimum atomic E-state index is -1.08. The Morgan fingerprint density at radius 1 is 1.29 bits per heavy atom. The van der Waals surface area contributed by atoms with E-state index in [0.29, 0.717) is 30.6 Å². The van der Waals surface area contributed by atoms with Crippen LogP contribution in [0.15, 0.2) is 23.8 Å². The molecular weight excluding hydrogens is 304 g/mol. The summed E-state index contributed by atoms with van der Waals surface area (Å²) in [5.41, 5.74) is 0.988. The highest BCUT2D eigenvalue weighted by atomic mass is 16.5. The van der Waals surface area contributed by atoms with Crippen molar-refractivity contribution in [2.45, 2.75) is 59.0 Å². The second kappa shape index (κ2) is 5.83. The van der Waals surface area contributed by atoms with Gasteiger partial charge in [0.05, 0.1) is 6.61 Å². The highest BCUT2D eigenvalue weighted by Gasteiger charge is 2.59. The SMILES string of the molecule is C=C1[C@@H](O)C(=O)C2C(C)(C)CCC[C@]2(C)[C@H]1C/C=C1\CCOC1=O. The molecule has 0 aromatic heterocycles. The number of cyclic esters (lactones) is 1. The largest absolute Gasteiger partial charge is 0.462 e. The highest BCUT2D eigenvalue weighted by Crippen LogP contribution is 2.60. The summed E-state index contributed by atoms with van der Waals surface area (Å²) in [5, 5.41) is 10.5. The summed E-state index contributed by atoms with van der Waals surface area (Å²) in [6.45, 7) is 11.0. The highest BCUT2D eigenvalue weighted by molar-refractivity contribution is 5.91. The summed E-state index contributed by atoms with van der Waals surface area (Å²) in [6.07, 6.45) is 5.17. The van der Waals surface area contributed by atoms with Gasteiger partial charge in [-0.1, -0.05) is 39.8 Å². The smallest absolute Gasteiger partial charge is 0.333 e. The van der Waals surface area contributed by atoms with Crippen molar-refractivity contribution < 1.29 is 19.4 Å². The minimum Gasteiger partial charge on any atom is -0.462 e. The van der Waals surface area contributed by atoms with E-state index in [0.717, 1.165) is 19.3 Å². The lowest BCUT2D eigenvalue weighted by molar-refractivity contribution is -0.153. The van der Waals surface area contributed by atoms with Crippen LogP contribution in [0.1, 0.15) is 52.9 Å². The van der Waals surface area contributed by atoms with Crippen LogP contribution >= 0.6 is 0 Å². The van der Waals surface area contributed by atoms with Gasteiger partial charge >= 0.3 is 5.97 Å². The Morgan fingerprint density at radius 3 is 2.62 bits per heavy atom. The second-order valence-electron chi connectivity index (χ2n) is 8.56. The maximum atomic E-state index is 12.8. The third-order valence-corrected chi connectivity index (χ3v) is 6.59. The van der Waals surface area contributed by atoms with Gasteiger partial charge in [-0.2, -0.15) is 0 Å². The topological polar surface area (TPSA) is 63.6 Å². The molecule has 1 heterocycles. The zero-order valence-electron chi connectivity index (χ0n) is 14.9. The third kappa shape index (κ3) is 2.55. The Hall–Kier alpha value is -1.42. The fourth-order valence-corrected chi connectivity index (χ4v) is 5.46. The number of esters is 1. The Morgan fingerprint density at radius 2 is 2.00 bits per heavy atom. The first-order valence-corrected chi connectivity index (χ1v) is 8.95. The van der Waals surface area contributed by atoms with Crippen molar-refractivity contribution in [3.05, 3.63) is 23.8 Å². The van der Waals surface area contributed by atoms with Gasteiger partial charge in [0, 0.05) is 17.9 Å². The standard InChI is InChI=1S/C20H28O4/c1-12-14(7-6-13-8-11-24-18(13)23)20(4)10-5-9-19(2,3)17(20)16(22)15(12)21/h6,14-15,17,21H,1,5,7-11H2,2-4H3/b13-6+/t14-,15+,17?,20+/m0/s1. The van der Waals surface area contributed by atoms with Gasteiger partial charge in [0.2, 0.25) is 0 Å². The number of aliphatic hydroxyl groups is 1. The molecule has 1 saturated heterocycles. The van der Waals surface area contributed by atoms with Crippen molar-refractivity contribution in [1.29, 1.82) is 0 Å². The van der Waals surface area contributed by atoms with E-state index in [1.54, 1.807) is 0 Å². The number of ketones is 1. The Kier molecular flexibility index (Phi) is 4.23. The monoisotopic (exact) mass is 332 g/mol. The molecule has 0 amide bonds. The number of hydrogen-bond acceptors (Lipinski definition) is 4. The van der Waals surface area contributed by atoms with Crippen LogP contribution in [0.3, 0.4) is 0 Å². The molecule has 0 radical (unpaired) electrons. The van der Waals surface area contributed by atoms with E-state index in [2.05, 4.69) is 27.4 Å². The summed E-state index contributed by atoms with van der Waals surface area (Å²) < 4.78 is 5.00. The van der Waals surface area contributed by atoms with Gasteiger partial charge in [0.25, 0.3) is 0 Å². The van der Waals surface area contributed by atoms with Crippen LogP contribution in [0.25, 0.3) is 0 Å². The van der Waals surface area contributed by atoms with Gasteiger partial charge in [0.1, 0.15) is 6.10 Å². The van der Waals surface area contributed by atoms with Crippen LogP contribution in [0.4, 0.5) is 0 Å². The van der Waals surface area contributed by atoms with Crippen molar-refractivity contribution in [2.75, 3.05) is 6.61 Å². The van der Waals surface area contributed by atoms with E-state index in [-0.39, 0.29) is 34.4 Å². The lowest BCUT2D eigenvalue weighted by Crippen LogP contribution is -2.58. The number of ether oxygens (including phenoxy) is 1. The number of carbonyl (C=O) groups is 2. The number of allylic oxidation sites excluding steroid dienone is 1. The molecule has 24 heavy (non-hydrogen) atoms. The fraction of sp³-hybridized carbons (Fsp3) is 0.700. The predicted octanol–water partition coefficient (Wildman–Crippen LogP) is 3.20. The molecule has 4 nitrogen and oxygen atoms in total. The van der Waals surface area contributed by atoms with Crippen molar-refractivity contribution in [2.24, 2.45) is 22.7 Å². The number of fused-ring (bicyclic) bond motifs is 1. The average molecular weight is 332 g/mol. The zero-order valence-corrected chi connectivity index (χ0v) is 14.9. The molecule has 3 fully saturated rings. The van der Waals surface area contributed by atoms with Crippen LogP contribution in [0.2, 0.25) is 0 Å². The third-order valence-electron chi connectivity index (χ3n) is 6.59. The Bertz CT molecular complexity index is 615. The summed E-state index contributed by atoms with van der Waals surface area (Å²) in [7, 11) is 0. The van der Waals surface area contributed by atoms with Crippen LogP contribution in [0, 0.1) is 22.7 Å². The van der Waals surface area contributed by atoms with Gasteiger partial charge in [-0.15, -0.1) is 0 Å². The Balaban J connectivity index is 1.95. The van der Waals surface area contributed by atoms with Crippen LogP contribution in [-0.2, 0) is 14.3 Å². The molecule has 0 aromatic carbocycles. The van der Waals surface area contributed by atoms with E-state index in [1.165, 1.54) is 0 Å². The maximum absolute atomic E-state index is 12.8. The van der Waals surface area contributed by atoms with E-state index in [1.807, 2.05) is 6.08 Å². The minimum absolute atomic E-state index is 0.00988. The first-order valence-electron chi connectivity index (χ1n) is 8.95. The molecule has 4 atom stereocenters. The lowest BCUT2D eigenvalue weighted by atomic mass is 9.46. The zero-order chi connectivity index (χ0) is 17.7. The van der Waals surface area contributed by atoms with Crippen LogP contribution in [0.5, 0.6) is 0 Å². The van der Waals surface area contributed by atoms with Gasteiger partial charge in [-0.05, 0) is 41.6 Å². The number of hydrogen-bond donors (Lipinski definition) is 1. The molecule has 4 heteroatoms. The molecule has 1 N–H and O–H groups in total. The van der Waals surface area contributed by atoms with E-state index in [9.17, 15) is 14.7 Å². The van der Waals surface area contributed by atoms with Gasteiger partial charge < -0.3 is 9.84 Å². The van der Waals surface area contributed by atoms with E-state index in [4.69, 9.17) is 4.74 Å². The molecule has 0 spiro atoms. The first kappa shape index (κ1) is 17.4. The molecule has 1 aliphatic heterocycles. The van der Waals surface area contributed by atoms with Crippen molar-refractivity contribution in [3.8, 4) is 0 Å². The van der Waals surface area contributed by atoms with Gasteiger partial charge in [-0.3, -0.25) is 4.79 Å². The molecule has 0 aromatic rings. The quantitative estimate of drug-likeness (QED) is 0.479. The van der Waals surface area contributed by atoms with Gasteiger partial charge in [0.15, 0.2) is 5.78 Å². The fourth-order valence-electron chi connectivity index (χ4n) is 5.46. The molecule has 3 aliphatic rings. The molecule has 132 valence electrons. The lowest BCUT2D eigenvalue weighted by Gasteiger charge is -2.57. The molecular formula is C20H28O4. The first-order chi connectivity index (χ1) is 11.2. The summed E-state index contributed by atoms with van der Waals surface area (Å²) in [5.74, 6) is -0.469. The van der Waals surface area contributed by atoms with E-state index < -0.39 is 6.10 Å². The predicted molar refractivity (Wildman–Crippen MR) is 91.1 cm³/mol. The van der Waals surface area contributed by atoms with Crippen molar-refractivity contribution >= 4 is 11.8 Å².